The highest BCUT2D eigenvalue weighted by atomic mass is 32.2. The Morgan fingerprint density at radius 2 is 1.92 bits per heavy atom. The Morgan fingerprint density at radius 3 is 2.50 bits per heavy atom. The quantitative estimate of drug-likeness (QED) is 0.667. The van der Waals surface area contributed by atoms with Crippen LogP contribution < -0.4 is 0 Å². The van der Waals surface area contributed by atoms with Crippen LogP contribution in [0.15, 0.2) is 51.2 Å². The second kappa shape index (κ2) is 6.73. The summed E-state index contributed by atoms with van der Waals surface area (Å²) in [7, 11) is -3.86. The molecule has 7 nitrogen and oxygen atoms in total. The lowest BCUT2D eigenvalue weighted by Gasteiger charge is -2.10. The highest BCUT2D eigenvalue weighted by Gasteiger charge is 2.30. The lowest BCUT2D eigenvalue weighted by Crippen LogP contribution is -2.14. The predicted molar refractivity (Wildman–Crippen MR) is 97.4 cm³/mol. The molecule has 0 radical (unpaired) electrons. The van der Waals surface area contributed by atoms with E-state index in [0.29, 0.717) is 11.4 Å². The van der Waals surface area contributed by atoms with Crippen LogP contribution in [0.25, 0.3) is 5.65 Å². The summed E-state index contributed by atoms with van der Waals surface area (Å²) in [5, 5.41) is 14.0. The number of thioether (sulfide) groups is 1. The Balaban J connectivity index is 2.39. The van der Waals surface area contributed by atoms with Crippen molar-refractivity contribution in [3.8, 4) is 0 Å². The van der Waals surface area contributed by atoms with Crippen LogP contribution in [-0.4, -0.2) is 40.3 Å². The van der Waals surface area contributed by atoms with E-state index in [1.54, 1.807) is 37.4 Å². The van der Waals surface area contributed by atoms with Crippen molar-refractivity contribution < 1.29 is 18.3 Å². The number of benzene rings is 1. The third kappa shape index (κ3) is 2.97. The second-order valence-corrected chi connectivity index (χ2v) is 8.45. The summed E-state index contributed by atoms with van der Waals surface area (Å²) >= 11 is 1.18. The molecule has 2 aromatic heterocycles. The van der Waals surface area contributed by atoms with E-state index in [1.807, 2.05) is 0 Å². The molecule has 1 N–H and O–H groups in total. The molecule has 0 saturated carbocycles. The van der Waals surface area contributed by atoms with E-state index >= 15 is 0 Å². The van der Waals surface area contributed by atoms with E-state index in [2.05, 4.69) is 10.1 Å². The molecular weight excluding hydrogens is 374 g/mol. The van der Waals surface area contributed by atoms with Gasteiger partial charge in [-0.2, -0.15) is 5.10 Å². The van der Waals surface area contributed by atoms with E-state index in [1.165, 1.54) is 35.3 Å². The third-order valence-electron chi connectivity index (χ3n) is 4.00. The molecule has 1 atom stereocenters. The molecule has 0 aliphatic rings. The number of fused-ring (bicyclic) bond motifs is 1. The Kier molecular flexibility index (Phi) is 4.76. The Morgan fingerprint density at radius 1 is 1.27 bits per heavy atom. The van der Waals surface area contributed by atoms with Crippen LogP contribution in [0.5, 0.6) is 0 Å². The summed E-state index contributed by atoms with van der Waals surface area (Å²) in [5.41, 5.74) is 1.05. The number of rotatable bonds is 5. The van der Waals surface area contributed by atoms with Crippen LogP contribution in [0.3, 0.4) is 0 Å². The monoisotopic (exact) mass is 391 g/mol. The molecular formula is C17H17N3O4S2. The van der Waals surface area contributed by atoms with Gasteiger partial charge in [-0.25, -0.2) is 17.9 Å². The van der Waals surface area contributed by atoms with Crippen LogP contribution in [0.4, 0.5) is 0 Å². The van der Waals surface area contributed by atoms with Crippen molar-refractivity contribution in [3.05, 3.63) is 47.8 Å². The minimum Gasteiger partial charge on any atom is -0.481 e. The van der Waals surface area contributed by atoms with Crippen molar-refractivity contribution >= 4 is 33.2 Å². The molecule has 3 aromatic rings. The fourth-order valence-corrected chi connectivity index (χ4v) is 5.06. The van der Waals surface area contributed by atoms with Crippen LogP contribution in [0, 0.1) is 6.92 Å². The van der Waals surface area contributed by atoms with E-state index in [4.69, 9.17) is 0 Å². The van der Waals surface area contributed by atoms with Gasteiger partial charge in [-0.15, -0.1) is 11.8 Å². The summed E-state index contributed by atoms with van der Waals surface area (Å²) in [6.45, 7) is 3.23. The van der Waals surface area contributed by atoms with Crippen molar-refractivity contribution in [1.82, 2.24) is 14.6 Å². The second-order valence-electron chi connectivity index (χ2n) is 5.77. The van der Waals surface area contributed by atoms with Crippen molar-refractivity contribution in [2.24, 2.45) is 0 Å². The van der Waals surface area contributed by atoms with Gasteiger partial charge in [0, 0.05) is 5.69 Å². The van der Waals surface area contributed by atoms with Crippen molar-refractivity contribution in [2.75, 3.05) is 6.26 Å². The molecule has 1 unspecified atom stereocenters. The molecule has 0 bridgehead atoms. The highest BCUT2D eigenvalue weighted by molar-refractivity contribution is 7.99. The summed E-state index contributed by atoms with van der Waals surface area (Å²) < 4.78 is 27.7. The van der Waals surface area contributed by atoms with Gasteiger partial charge in [-0.3, -0.25) is 4.79 Å². The molecule has 9 heteroatoms. The minimum absolute atomic E-state index is 0.00117. The fourth-order valence-electron chi connectivity index (χ4n) is 2.65. The van der Waals surface area contributed by atoms with E-state index in [0.717, 1.165) is 0 Å². The van der Waals surface area contributed by atoms with Gasteiger partial charge in [0.05, 0.1) is 16.5 Å². The number of hydrogen-bond donors (Lipinski definition) is 1. The van der Waals surface area contributed by atoms with Gasteiger partial charge in [-0.1, -0.05) is 18.2 Å². The van der Waals surface area contributed by atoms with E-state index in [9.17, 15) is 18.3 Å². The van der Waals surface area contributed by atoms with Crippen LogP contribution in [-0.2, 0) is 14.6 Å². The van der Waals surface area contributed by atoms with Gasteiger partial charge >= 0.3 is 5.97 Å². The standard InChI is InChI=1S/C17H17N3O4S2/c1-10-9-13(11(2)17(21)22)20-15(18-10)14(16(19-20)25-3)26(23,24)12-7-5-4-6-8-12/h4-9,11H,1-3H3,(H,21,22). The largest absolute Gasteiger partial charge is 0.481 e. The first-order valence-electron chi connectivity index (χ1n) is 7.74. The average Bonchev–Trinajstić information content (AvgIpc) is 3.00. The first kappa shape index (κ1) is 18.4. The number of carboxylic acids is 1. The van der Waals surface area contributed by atoms with Gasteiger partial charge in [-0.05, 0) is 38.3 Å². The predicted octanol–water partition coefficient (Wildman–Crippen LogP) is 2.78. The lowest BCUT2D eigenvalue weighted by atomic mass is 10.1. The zero-order valence-corrected chi connectivity index (χ0v) is 16.0. The molecule has 2 heterocycles. The number of carboxylic acid groups (broad SMARTS) is 1. The van der Waals surface area contributed by atoms with Gasteiger partial charge < -0.3 is 5.11 Å². The van der Waals surface area contributed by atoms with Gasteiger partial charge in [0.1, 0.15) is 5.03 Å². The number of aromatic nitrogens is 3. The van der Waals surface area contributed by atoms with Gasteiger partial charge in [0.15, 0.2) is 10.5 Å². The highest BCUT2D eigenvalue weighted by Crippen LogP contribution is 2.33. The zero-order valence-electron chi connectivity index (χ0n) is 14.4. The third-order valence-corrected chi connectivity index (χ3v) is 6.61. The lowest BCUT2D eigenvalue weighted by molar-refractivity contribution is -0.138. The zero-order chi connectivity index (χ0) is 19.1. The van der Waals surface area contributed by atoms with Crippen LogP contribution in [0.2, 0.25) is 0 Å². The molecule has 0 aliphatic carbocycles. The minimum atomic E-state index is -3.86. The summed E-state index contributed by atoms with van der Waals surface area (Å²) in [6, 6.07) is 9.67. The molecule has 1 aromatic carbocycles. The maximum Gasteiger partial charge on any atom is 0.312 e. The van der Waals surface area contributed by atoms with E-state index in [-0.39, 0.29) is 20.5 Å². The number of carbonyl (C=O) groups is 1. The van der Waals surface area contributed by atoms with Crippen LogP contribution >= 0.6 is 11.8 Å². The van der Waals surface area contributed by atoms with Gasteiger partial charge in [0.25, 0.3) is 0 Å². The number of aryl methyl sites for hydroxylation is 1. The smallest absolute Gasteiger partial charge is 0.312 e. The molecule has 136 valence electrons. The number of sulfone groups is 1. The Hall–Kier alpha value is -2.39. The van der Waals surface area contributed by atoms with Crippen LogP contribution in [0.1, 0.15) is 24.2 Å². The summed E-state index contributed by atoms with van der Waals surface area (Å²) in [5.74, 6) is -1.88. The molecule has 0 spiro atoms. The van der Waals surface area contributed by atoms with Crippen molar-refractivity contribution in [2.45, 2.75) is 34.6 Å². The average molecular weight is 391 g/mol. The summed E-state index contributed by atoms with van der Waals surface area (Å²) in [4.78, 5) is 15.9. The molecule has 3 rings (SSSR count). The number of aliphatic carboxylic acids is 1. The Labute approximate surface area is 155 Å². The molecule has 26 heavy (non-hydrogen) atoms. The van der Waals surface area contributed by atoms with E-state index < -0.39 is 21.7 Å². The summed E-state index contributed by atoms with van der Waals surface area (Å²) in [6.07, 6.45) is 1.72. The topological polar surface area (TPSA) is 102 Å². The maximum atomic E-state index is 13.2. The molecule has 0 fully saturated rings. The van der Waals surface area contributed by atoms with Crippen molar-refractivity contribution in [1.29, 1.82) is 0 Å². The molecule has 0 aliphatic heterocycles. The molecule has 0 saturated heterocycles. The molecule has 0 amide bonds. The first-order valence-corrected chi connectivity index (χ1v) is 10.5. The Bertz CT molecular complexity index is 1090. The SMILES string of the molecule is CSc1nn2c(C(C)C(=O)O)cc(C)nc2c1S(=O)(=O)c1ccccc1. The fraction of sp³-hybridized carbons (Fsp3) is 0.235. The number of hydrogen-bond acceptors (Lipinski definition) is 6. The number of nitrogens with zero attached hydrogens (tertiary/aromatic N) is 3. The maximum absolute atomic E-state index is 13.2. The normalized spacial score (nSPS) is 13.0. The van der Waals surface area contributed by atoms with Crippen molar-refractivity contribution in [3.63, 3.8) is 0 Å². The van der Waals surface area contributed by atoms with Gasteiger partial charge in [0.2, 0.25) is 9.84 Å². The first-order chi connectivity index (χ1) is 12.3.